The highest BCUT2D eigenvalue weighted by molar-refractivity contribution is 7.65. The van der Waals surface area contributed by atoms with E-state index in [1.54, 1.807) is 13.8 Å². The number of carbonyl (C=O) groups is 1. The molecular weight excluding hydrogens is 184 g/mol. The van der Waals surface area contributed by atoms with Crippen LogP contribution in [0.4, 0.5) is 0 Å². The zero-order valence-electron chi connectivity index (χ0n) is 6.71. The third kappa shape index (κ3) is 2.58. The summed E-state index contributed by atoms with van der Waals surface area (Å²) in [5, 5.41) is -0.697. The molecule has 66 valence electrons. The second-order valence-corrected chi connectivity index (χ2v) is 6.43. The molecule has 0 aromatic rings. The molecule has 0 aromatic heterocycles. The van der Waals surface area contributed by atoms with E-state index in [0.717, 1.165) is 0 Å². The average molecular weight is 198 g/mol. The normalized spacial score (nSPS) is 14.5. The van der Waals surface area contributed by atoms with E-state index < -0.39 is 18.2 Å². The largest absolute Gasteiger partial charge is 0.321 e. The molecule has 0 heterocycles. The average Bonchev–Trinajstić information content (AvgIpc) is 2.01. The summed E-state index contributed by atoms with van der Waals surface area (Å²) in [6.07, 6.45) is 0.867. The molecule has 2 N–H and O–H groups in total. The van der Waals surface area contributed by atoms with Crippen molar-refractivity contribution in [1.82, 2.24) is 0 Å². The van der Waals surface area contributed by atoms with Gasteiger partial charge >= 0.3 is 0 Å². The van der Waals surface area contributed by atoms with Gasteiger partial charge in [0.15, 0.2) is 0 Å². The van der Waals surface area contributed by atoms with Crippen LogP contribution in [-0.2, 0) is 9.36 Å². The number of hydrogen-bond donors (Lipinski definition) is 1. The quantitative estimate of drug-likeness (QED) is 0.548. The molecule has 0 aliphatic heterocycles. The first-order valence-electron chi connectivity index (χ1n) is 3.50. The van der Waals surface area contributed by atoms with Gasteiger partial charge in [0.1, 0.15) is 12.9 Å². The zero-order valence-corrected chi connectivity index (χ0v) is 8.36. The van der Waals surface area contributed by atoms with Gasteiger partial charge in [0.25, 0.3) is 0 Å². The zero-order chi connectivity index (χ0) is 9.07. The van der Waals surface area contributed by atoms with Crippen LogP contribution < -0.4 is 5.73 Å². The van der Waals surface area contributed by atoms with Gasteiger partial charge < -0.3 is 10.3 Å². The minimum absolute atomic E-state index is 0.434. The fraction of sp³-hybridized carbons (Fsp3) is 0.833. The molecule has 0 rings (SSSR count). The summed E-state index contributed by atoms with van der Waals surface area (Å²) < 4.78 is 11.7. The van der Waals surface area contributed by atoms with E-state index in [4.69, 9.17) is 17.3 Å². The van der Waals surface area contributed by atoms with E-state index in [1.807, 2.05) is 0 Å². The van der Waals surface area contributed by atoms with Crippen molar-refractivity contribution in [3.8, 4) is 0 Å². The van der Waals surface area contributed by atoms with Gasteiger partial charge in [-0.25, -0.2) is 0 Å². The summed E-state index contributed by atoms with van der Waals surface area (Å²) in [6, 6.07) is 0. The summed E-state index contributed by atoms with van der Waals surface area (Å²) in [5.41, 5.74) is 5.37. The van der Waals surface area contributed by atoms with Gasteiger partial charge in [0.2, 0.25) is 5.24 Å². The molecule has 5 heteroatoms. The van der Waals surface area contributed by atoms with Crippen molar-refractivity contribution in [2.45, 2.75) is 19.6 Å². The maximum absolute atomic E-state index is 11.7. The van der Waals surface area contributed by atoms with Crippen LogP contribution >= 0.6 is 18.7 Å². The molecule has 0 aliphatic rings. The maximum atomic E-state index is 11.7. The van der Waals surface area contributed by atoms with E-state index in [9.17, 15) is 9.36 Å². The van der Waals surface area contributed by atoms with E-state index in [1.165, 1.54) is 0 Å². The Morgan fingerprint density at radius 1 is 1.55 bits per heavy atom. The SMILES string of the molecule is CCP(=O)(CC)C(N)C(=O)Cl. The maximum Gasteiger partial charge on any atom is 0.245 e. The van der Waals surface area contributed by atoms with Crippen LogP contribution in [0.5, 0.6) is 0 Å². The fourth-order valence-electron chi connectivity index (χ4n) is 0.802. The first-order valence-corrected chi connectivity index (χ1v) is 6.03. The molecule has 1 unspecified atom stereocenters. The number of rotatable bonds is 4. The molecule has 0 aromatic carbocycles. The topological polar surface area (TPSA) is 60.2 Å². The Labute approximate surface area is 71.7 Å². The molecule has 0 fully saturated rings. The number of halogens is 1. The van der Waals surface area contributed by atoms with E-state index in [2.05, 4.69) is 0 Å². The molecule has 0 spiro atoms. The Morgan fingerprint density at radius 3 is 2.00 bits per heavy atom. The third-order valence-electron chi connectivity index (χ3n) is 1.81. The highest BCUT2D eigenvalue weighted by atomic mass is 35.5. The van der Waals surface area contributed by atoms with Crippen molar-refractivity contribution in [1.29, 1.82) is 0 Å². The van der Waals surface area contributed by atoms with Crippen LogP contribution in [0.2, 0.25) is 0 Å². The Balaban J connectivity index is 4.51. The summed E-state index contributed by atoms with van der Waals surface area (Å²) >= 11 is 5.13. The molecule has 11 heavy (non-hydrogen) atoms. The minimum Gasteiger partial charge on any atom is -0.321 e. The van der Waals surface area contributed by atoms with Crippen LogP contribution in [0.15, 0.2) is 0 Å². The van der Waals surface area contributed by atoms with Crippen molar-refractivity contribution in [2.75, 3.05) is 12.3 Å². The lowest BCUT2D eigenvalue weighted by Crippen LogP contribution is -2.28. The van der Waals surface area contributed by atoms with Crippen LogP contribution in [0.1, 0.15) is 13.8 Å². The van der Waals surface area contributed by atoms with Gasteiger partial charge in [0.05, 0.1) is 0 Å². The molecule has 0 radical (unpaired) electrons. The Hall–Kier alpha value is 0.150. The number of hydrogen-bond acceptors (Lipinski definition) is 3. The predicted molar refractivity (Wildman–Crippen MR) is 47.5 cm³/mol. The monoisotopic (exact) mass is 197 g/mol. The Kier molecular flexibility index (Phi) is 4.30. The molecule has 1 atom stereocenters. The summed E-state index contributed by atoms with van der Waals surface area (Å²) in [7, 11) is -2.53. The predicted octanol–water partition coefficient (Wildman–Crippen LogP) is 1.44. The lowest BCUT2D eigenvalue weighted by Gasteiger charge is -2.18. The standard InChI is InChI=1S/C6H13ClNO2P/c1-3-11(10,4-2)6(8)5(7)9/h6H,3-4,8H2,1-2H3. The summed E-state index contributed by atoms with van der Waals surface area (Å²) in [5.74, 6) is -0.973. The molecule has 0 saturated heterocycles. The van der Waals surface area contributed by atoms with Crippen LogP contribution in [0.3, 0.4) is 0 Å². The molecule has 3 nitrogen and oxygen atoms in total. The second kappa shape index (κ2) is 4.24. The highest BCUT2D eigenvalue weighted by Crippen LogP contribution is 2.48. The Morgan fingerprint density at radius 2 is 1.91 bits per heavy atom. The smallest absolute Gasteiger partial charge is 0.245 e. The van der Waals surface area contributed by atoms with Crippen LogP contribution in [0, 0.1) is 0 Å². The molecule has 0 aliphatic carbocycles. The Bertz CT molecular complexity index is 187. The van der Waals surface area contributed by atoms with Gasteiger partial charge in [-0.1, -0.05) is 13.8 Å². The molecule has 0 bridgehead atoms. The summed E-state index contributed by atoms with van der Waals surface area (Å²) in [4.78, 5) is 10.6. The molecule has 0 saturated carbocycles. The molecule has 0 amide bonds. The minimum atomic E-state index is -2.53. The van der Waals surface area contributed by atoms with Crippen molar-refractivity contribution in [2.24, 2.45) is 5.73 Å². The lowest BCUT2D eigenvalue weighted by atomic mass is 10.8. The number of carbonyl (C=O) groups excluding carboxylic acids is 1. The van der Waals surface area contributed by atoms with E-state index >= 15 is 0 Å². The van der Waals surface area contributed by atoms with Gasteiger partial charge in [-0.3, -0.25) is 4.79 Å². The van der Waals surface area contributed by atoms with E-state index in [-0.39, 0.29) is 0 Å². The van der Waals surface area contributed by atoms with Gasteiger partial charge in [-0.05, 0) is 11.6 Å². The first kappa shape index (κ1) is 11.2. The van der Waals surface area contributed by atoms with Gasteiger partial charge in [-0.2, -0.15) is 0 Å². The van der Waals surface area contributed by atoms with Crippen LogP contribution in [-0.4, -0.2) is 23.3 Å². The second-order valence-electron chi connectivity index (χ2n) is 2.33. The van der Waals surface area contributed by atoms with E-state index in [0.29, 0.717) is 12.3 Å². The first-order chi connectivity index (χ1) is 4.98. The summed E-state index contributed by atoms with van der Waals surface area (Å²) in [6.45, 7) is 3.51. The van der Waals surface area contributed by atoms with Gasteiger partial charge in [0, 0.05) is 12.3 Å². The van der Waals surface area contributed by atoms with Crippen molar-refractivity contribution >= 4 is 24.0 Å². The van der Waals surface area contributed by atoms with Crippen molar-refractivity contribution in [3.63, 3.8) is 0 Å². The van der Waals surface area contributed by atoms with Crippen LogP contribution in [0.25, 0.3) is 0 Å². The van der Waals surface area contributed by atoms with Crippen molar-refractivity contribution < 1.29 is 9.36 Å². The molecular formula is C6H13ClNO2P. The number of nitrogens with two attached hydrogens (primary N) is 1. The third-order valence-corrected chi connectivity index (χ3v) is 5.59. The highest BCUT2D eigenvalue weighted by Gasteiger charge is 2.30. The van der Waals surface area contributed by atoms with Gasteiger partial charge in [-0.15, -0.1) is 0 Å². The fourth-order valence-corrected chi connectivity index (χ4v) is 2.94. The lowest BCUT2D eigenvalue weighted by molar-refractivity contribution is -0.111. The van der Waals surface area contributed by atoms with Crippen molar-refractivity contribution in [3.05, 3.63) is 0 Å².